The van der Waals surface area contributed by atoms with Crippen LogP contribution < -0.4 is 10.1 Å². The lowest BCUT2D eigenvalue weighted by Gasteiger charge is -2.25. The van der Waals surface area contributed by atoms with Crippen LogP contribution in [-0.4, -0.2) is 36.2 Å². The van der Waals surface area contributed by atoms with Gasteiger partial charge in [0, 0.05) is 23.1 Å². The van der Waals surface area contributed by atoms with E-state index in [1.807, 2.05) is 38.1 Å². The van der Waals surface area contributed by atoms with Gasteiger partial charge in [-0.15, -0.1) is 11.3 Å². The molecule has 2 aromatic rings. The van der Waals surface area contributed by atoms with Crippen LogP contribution in [0.1, 0.15) is 42.3 Å². The first kappa shape index (κ1) is 22.4. The summed E-state index contributed by atoms with van der Waals surface area (Å²) in [6.07, 6.45) is 3.32. The molecule has 8 heteroatoms. The Kier molecular flexibility index (Phi) is 7.32. The maximum absolute atomic E-state index is 12.5. The highest BCUT2D eigenvalue weighted by Crippen LogP contribution is 2.36. The molecule has 1 aliphatic heterocycles. The molecule has 0 bridgehead atoms. The van der Waals surface area contributed by atoms with Crippen LogP contribution in [0.2, 0.25) is 0 Å². The van der Waals surface area contributed by atoms with Crippen molar-refractivity contribution in [3.63, 3.8) is 0 Å². The predicted octanol–water partition coefficient (Wildman–Crippen LogP) is 4.57. The average Bonchev–Trinajstić information content (AvgIpc) is 3.08. The zero-order valence-corrected chi connectivity index (χ0v) is 18.6. The Morgan fingerprint density at radius 3 is 2.84 bits per heavy atom. The summed E-state index contributed by atoms with van der Waals surface area (Å²) in [6, 6.07) is 9.68. The average molecular weight is 440 g/mol. The van der Waals surface area contributed by atoms with Crippen LogP contribution >= 0.6 is 11.3 Å². The molecular formula is C23H25N3O4S. The van der Waals surface area contributed by atoms with E-state index in [2.05, 4.69) is 11.4 Å². The zero-order chi connectivity index (χ0) is 22.4. The van der Waals surface area contributed by atoms with Crippen LogP contribution in [-0.2, 0) is 22.5 Å². The largest absolute Gasteiger partial charge is 0.490 e. The summed E-state index contributed by atoms with van der Waals surface area (Å²) in [5.74, 6) is 0.363. The van der Waals surface area contributed by atoms with E-state index in [1.54, 1.807) is 17.9 Å². The minimum absolute atomic E-state index is 0.0215. The molecule has 0 saturated carbocycles. The second kappa shape index (κ2) is 10.1. The first-order chi connectivity index (χ1) is 14.9. The molecule has 3 rings (SSSR count). The third-order valence-corrected chi connectivity index (χ3v) is 5.76. The van der Waals surface area contributed by atoms with Crippen molar-refractivity contribution >= 4 is 34.4 Å². The molecule has 0 aliphatic carbocycles. The lowest BCUT2D eigenvalue weighted by atomic mass is 10.0. The van der Waals surface area contributed by atoms with E-state index in [1.165, 1.54) is 17.4 Å². The summed E-state index contributed by atoms with van der Waals surface area (Å²) < 4.78 is 10.8. The van der Waals surface area contributed by atoms with Gasteiger partial charge in [-0.2, -0.15) is 5.26 Å². The molecule has 0 spiro atoms. The van der Waals surface area contributed by atoms with Crippen molar-refractivity contribution in [1.29, 1.82) is 5.26 Å². The molecule has 0 saturated heterocycles. The summed E-state index contributed by atoms with van der Waals surface area (Å²) in [5.41, 5.74) is 2.15. The van der Waals surface area contributed by atoms with Gasteiger partial charge < -0.3 is 19.7 Å². The smallest absolute Gasteiger partial charge is 0.410 e. The number of benzene rings is 1. The molecule has 7 nitrogen and oxygen atoms in total. The molecular weight excluding hydrogens is 414 g/mol. The van der Waals surface area contributed by atoms with Crippen LogP contribution in [0.25, 0.3) is 6.08 Å². The van der Waals surface area contributed by atoms with E-state index in [9.17, 15) is 14.9 Å². The van der Waals surface area contributed by atoms with Gasteiger partial charge in [-0.3, -0.25) is 4.79 Å². The van der Waals surface area contributed by atoms with Gasteiger partial charge in [0.05, 0.1) is 24.8 Å². The van der Waals surface area contributed by atoms with Gasteiger partial charge in [-0.25, -0.2) is 4.79 Å². The van der Waals surface area contributed by atoms with E-state index < -0.39 is 0 Å². The molecule has 0 unspecified atom stereocenters. The second-order valence-electron chi connectivity index (χ2n) is 7.22. The number of para-hydroxylation sites is 1. The molecule has 2 amide bonds. The Hall–Kier alpha value is -3.31. The topological polar surface area (TPSA) is 91.7 Å². The van der Waals surface area contributed by atoms with E-state index in [4.69, 9.17) is 9.47 Å². The van der Waals surface area contributed by atoms with Crippen molar-refractivity contribution in [3.8, 4) is 11.8 Å². The van der Waals surface area contributed by atoms with Crippen molar-refractivity contribution in [1.82, 2.24) is 4.90 Å². The highest BCUT2D eigenvalue weighted by molar-refractivity contribution is 7.16. The molecule has 31 heavy (non-hydrogen) atoms. The number of nitriles is 1. The summed E-state index contributed by atoms with van der Waals surface area (Å²) in [6.45, 7) is 6.82. The maximum Gasteiger partial charge on any atom is 0.410 e. The lowest BCUT2D eigenvalue weighted by Crippen LogP contribution is -2.35. The Bertz CT molecular complexity index is 1040. The fourth-order valence-electron chi connectivity index (χ4n) is 3.28. The number of rotatable bonds is 6. The van der Waals surface area contributed by atoms with Crippen LogP contribution in [0.15, 0.2) is 30.3 Å². The normalized spacial score (nSPS) is 13.1. The first-order valence-electron chi connectivity index (χ1n) is 10.1. The van der Waals surface area contributed by atoms with Crippen LogP contribution in [0.3, 0.4) is 0 Å². The first-order valence-corrected chi connectivity index (χ1v) is 11.0. The van der Waals surface area contributed by atoms with Crippen molar-refractivity contribution in [2.45, 2.75) is 39.8 Å². The summed E-state index contributed by atoms with van der Waals surface area (Å²) in [4.78, 5) is 27.1. The van der Waals surface area contributed by atoms with E-state index in [0.717, 1.165) is 16.0 Å². The van der Waals surface area contributed by atoms with Gasteiger partial charge in [0.15, 0.2) is 0 Å². The third-order valence-electron chi connectivity index (χ3n) is 4.63. The van der Waals surface area contributed by atoms with Crippen LogP contribution in [0.5, 0.6) is 5.75 Å². The number of hydrogen-bond acceptors (Lipinski definition) is 6. The van der Waals surface area contributed by atoms with E-state index >= 15 is 0 Å². The molecule has 162 valence electrons. The minimum atomic E-state index is -0.365. The van der Waals surface area contributed by atoms with Crippen molar-refractivity contribution < 1.29 is 19.1 Å². The SMILES string of the molecule is CCOC(=O)N1CCc2c(sc(NC(=O)/C=C/c3ccccc3OC(C)C)c2C#N)C1. The van der Waals surface area contributed by atoms with Crippen LogP contribution in [0.4, 0.5) is 9.80 Å². The highest BCUT2D eigenvalue weighted by Gasteiger charge is 2.27. The Morgan fingerprint density at radius 2 is 2.13 bits per heavy atom. The quantitative estimate of drug-likeness (QED) is 0.666. The van der Waals surface area contributed by atoms with Crippen molar-refractivity contribution in [2.24, 2.45) is 0 Å². The summed E-state index contributed by atoms with van der Waals surface area (Å²) in [7, 11) is 0. The third kappa shape index (κ3) is 5.44. The number of fused-ring (bicyclic) bond motifs is 1. The van der Waals surface area contributed by atoms with Gasteiger partial charge in [0.2, 0.25) is 5.91 Å². The highest BCUT2D eigenvalue weighted by atomic mass is 32.1. The fourth-order valence-corrected chi connectivity index (χ4v) is 4.50. The van der Waals surface area contributed by atoms with Crippen molar-refractivity contribution in [3.05, 3.63) is 51.9 Å². The second-order valence-corrected chi connectivity index (χ2v) is 8.32. The monoisotopic (exact) mass is 439 g/mol. The number of anilines is 1. The maximum atomic E-state index is 12.5. The molecule has 2 heterocycles. The standard InChI is InChI=1S/C23H25N3O4S/c1-4-29-23(28)26-12-11-17-18(13-24)22(31-20(17)14-26)25-21(27)10-9-16-7-5-6-8-19(16)30-15(2)3/h5-10,15H,4,11-12,14H2,1-3H3,(H,25,27)/b10-9+. The summed E-state index contributed by atoms with van der Waals surface area (Å²) in [5, 5.41) is 12.9. The molecule has 0 atom stereocenters. The molecule has 1 aromatic carbocycles. The fraction of sp³-hybridized carbons (Fsp3) is 0.348. The number of ether oxygens (including phenoxy) is 2. The number of hydrogen-bond donors (Lipinski definition) is 1. The predicted molar refractivity (Wildman–Crippen MR) is 120 cm³/mol. The number of nitrogens with one attached hydrogen (secondary N) is 1. The van der Waals surface area contributed by atoms with Gasteiger partial charge in [-0.1, -0.05) is 18.2 Å². The van der Waals surface area contributed by atoms with Crippen molar-refractivity contribution in [2.75, 3.05) is 18.5 Å². The van der Waals surface area contributed by atoms with Gasteiger partial charge in [0.1, 0.15) is 16.8 Å². The van der Waals surface area contributed by atoms with Gasteiger partial charge >= 0.3 is 6.09 Å². The van der Waals surface area contributed by atoms with E-state index in [-0.39, 0.29) is 18.1 Å². The minimum Gasteiger partial charge on any atom is -0.490 e. The Balaban J connectivity index is 1.74. The lowest BCUT2D eigenvalue weighted by molar-refractivity contribution is -0.111. The molecule has 1 N–H and O–H groups in total. The molecule has 0 radical (unpaired) electrons. The number of amides is 2. The Labute approximate surface area is 185 Å². The van der Waals surface area contributed by atoms with Gasteiger partial charge in [-0.05, 0) is 44.9 Å². The molecule has 1 aromatic heterocycles. The van der Waals surface area contributed by atoms with Gasteiger partial charge in [0.25, 0.3) is 0 Å². The Morgan fingerprint density at radius 1 is 1.35 bits per heavy atom. The molecule has 1 aliphatic rings. The number of carbonyl (C=O) groups is 2. The zero-order valence-electron chi connectivity index (χ0n) is 17.8. The summed E-state index contributed by atoms with van der Waals surface area (Å²) >= 11 is 1.32. The van der Waals surface area contributed by atoms with Crippen LogP contribution in [0, 0.1) is 11.3 Å². The molecule has 0 fully saturated rings. The number of thiophene rings is 1. The number of carbonyl (C=O) groups excluding carboxylic acids is 2. The van der Waals surface area contributed by atoms with E-state index in [0.29, 0.717) is 42.4 Å². The number of nitrogens with zero attached hydrogens (tertiary/aromatic N) is 2.